The van der Waals surface area contributed by atoms with Gasteiger partial charge >= 0.3 is 0 Å². The molecule has 1 N–H and O–H groups in total. The molecule has 1 aliphatic heterocycles. The van der Waals surface area contributed by atoms with E-state index >= 15 is 0 Å². The fourth-order valence-electron chi connectivity index (χ4n) is 4.39. The monoisotopic (exact) mass is 434 g/mol. The largest absolute Gasteiger partial charge is 0.344 e. The predicted octanol–water partition coefficient (Wildman–Crippen LogP) is 2.77. The first kappa shape index (κ1) is 18.6. The van der Waals surface area contributed by atoms with Crippen molar-refractivity contribution < 1.29 is 8.78 Å². The number of anilines is 1. The lowest BCUT2D eigenvalue weighted by Crippen LogP contribution is -2.33. The fraction of sp³-hybridized carbons (Fsp3) is 0.190. The maximum absolute atomic E-state index is 14.4. The number of benzene rings is 1. The molecular weight excluding hydrogens is 418 g/mol. The van der Waals surface area contributed by atoms with E-state index in [9.17, 15) is 13.6 Å². The Kier molecular flexibility index (Phi) is 4.03. The zero-order valence-corrected chi connectivity index (χ0v) is 16.6. The summed E-state index contributed by atoms with van der Waals surface area (Å²) in [4.78, 5) is 31.3. The molecule has 0 aliphatic carbocycles. The summed E-state index contributed by atoms with van der Waals surface area (Å²) in [6.45, 7) is 0.660. The predicted molar refractivity (Wildman–Crippen MR) is 112 cm³/mol. The summed E-state index contributed by atoms with van der Waals surface area (Å²) < 4.78 is 31.0. The van der Waals surface area contributed by atoms with Gasteiger partial charge in [-0.25, -0.2) is 28.2 Å². The number of aromatic nitrogens is 7. The van der Waals surface area contributed by atoms with Gasteiger partial charge in [0.05, 0.1) is 18.1 Å². The van der Waals surface area contributed by atoms with E-state index in [-0.39, 0.29) is 17.2 Å². The lowest BCUT2D eigenvalue weighted by Gasteiger charge is -2.27. The molecule has 1 fully saturated rings. The summed E-state index contributed by atoms with van der Waals surface area (Å²) in [5.74, 6) is -0.187. The van der Waals surface area contributed by atoms with Gasteiger partial charge in [-0.05, 0) is 37.1 Å². The topological polar surface area (TPSA) is 97.0 Å². The molecule has 5 aromatic rings. The molecule has 5 heterocycles. The van der Waals surface area contributed by atoms with Gasteiger partial charge in [-0.1, -0.05) is 6.07 Å². The van der Waals surface area contributed by atoms with Crippen LogP contribution < -0.4 is 10.5 Å². The molecule has 1 unspecified atom stereocenters. The number of hydrogen-bond acceptors (Lipinski definition) is 6. The molecule has 1 saturated heterocycles. The highest BCUT2D eigenvalue weighted by molar-refractivity contribution is 5.83. The van der Waals surface area contributed by atoms with E-state index in [4.69, 9.17) is 0 Å². The van der Waals surface area contributed by atoms with Gasteiger partial charge < -0.3 is 9.88 Å². The second-order valence-electron chi connectivity index (χ2n) is 7.59. The lowest BCUT2D eigenvalue weighted by molar-refractivity contribution is 0.589. The molecule has 0 saturated carbocycles. The van der Waals surface area contributed by atoms with Crippen LogP contribution in [-0.4, -0.2) is 40.7 Å². The second-order valence-corrected chi connectivity index (χ2v) is 7.59. The third-order valence-corrected chi connectivity index (χ3v) is 5.75. The van der Waals surface area contributed by atoms with E-state index in [1.165, 1.54) is 45.9 Å². The zero-order valence-electron chi connectivity index (χ0n) is 16.6. The van der Waals surface area contributed by atoms with Crippen LogP contribution >= 0.6 is 0 Å². The van der Waals surface area contributed by atoms with Crippen LogP contribution in [0.15, 0.2) is 54.0 Å². The summed E-state index contributed by atoms with van der Waals surface area (Å²) >= 11 is 0. The van der Waals surface area contributed by atoms with E-state index in [1.54, 1.807) is 12.4 Å². The van der Waals surface area contributed by atoms with Crippen molar-refractivity contribution in [2.45, 2.75) is 18.9 Å². The number of hydrogen-bond donors (Lipinski definition) is 1. The highest BCUT2D eigenvalue weighted by Gasteiger charge is 2.34. The van der Waals surface area contributed by atoms with Crippen LogP contribution in [0.5, 0.6) is 0 Å². The van der Waals surface area contributed by atoms with Gasteiger partial charge in [-0.15, -0.1) is 0 Å². The van der Waals surface area contributed by atoms with Crippen LogP contribution in [-0.2, 0) is 0 Å². The number of fused-ring (bicyclic) bond motifs is 2. The van der Waals surface area contributed by atoms with Crippen LogP contribution in [0.4, 0.5) is 14.6 Å². The average molecular weight is 434 g/mol. The first-order valence-electron chi connectivity index (χ1n) is 10.1. The van der Waals surface area contributed by atoms with Gasteiger partial charge in [0.25, 0.3) is 5.56 Å². The molecular formula is C21H16F2N8O. The molecule has 1 aromatic carbocycles. The highest BCUT2D eigenvalue weighted by Crippen LogP contribution is 2.36. The van der Waals surface area contributed by atoms with Crippen molar-refractivity contribution in [2.24, 2.45) is 0 Å². The Hall–Kier alpha value is -4.15. The van der Waals surface area contributed by atoms with E-state index in [0.29, 0.717) is 35.8 Å². The molecule has 32 heavy (non-hydrogen) atoms. The number of aromatic amines is 1. The van der Waals surface area contributed by atoms with Gasteiger partial charge in [0.1, 0.15) is 17.7 Å². The third kappa shape index (κ3) is 2.70. The van der Waals surface area contributed by atoms with E-state index < -0.39 is 17.2 Å². The third-order valence-electron chi connectivity index (χ3n) is 5.75. The first-order valence-corrected chi connectivity index (χ1v) is 10.1. The molecule has 0 radical (unpaired) electrons. The number of nitrogens with one attached hydrogen (secondary N) is 1. The van der Waals surface area contributed by atoms with Gasteiger partial charge in [0.15, 0.2) is 28.6 Å². The van der Waals surface area contributed by atoms with Crippen molar-refractivity contribution in [2.75, 3.05) is 11.4 Å². The lowest BCUT2D eigenvalue weighted by atomic mass is 10.2. The number of halogens is 2. The Morgan fingerprint density at radius 1 is 1.12 bits per heavy atom. The average Bonchev–Trinajstić information content (AvgIpc) is 3.53. The number of rotatable bonds is 3. The molecule has 1 aliphatic rings. The van der Waals surface area contributed by atoms with E-state index in [1.807, 2.05) is 4.90 Å². The van der Waals surface area contributed by atoms with Crippen LogP contribution in [0, 0.1) is 11.6 Å². The second kappa shape index (κ2) is 6.94. The van der Waals surface area contributed by atoms with Gasteiger partial charge in [-0.3, -0.25) is 9.36 Å². The van der Waals surface area contributed by atoms with Crippen molar-refractivity contribution >= 4 is 22.5 Å². The van der Waals surface area contributed by atoms with Crippen LogP contribution in [0.3, 0.4) is 0 Å². The fourth-order valence-corrected chi connectivity index (χ4v) is 4.39. The standard InChI is InChI=1S/C21H16F2N8O/c22-12-3-1-4-13(9-12)31-19(28-30-8-6-14(23)17(30)21(31)32)15-5-2-7-29(15)20-16-18(25-10-24-16)26-11-27-20/h1,3-4,6,8-11,15H,2,5,7H2,(H,24,25,26,27). The smallest absolute Gasteiger partial charge is 0.285 e. The summed E-state index contributed by atoms with van der Waals surface area (Å²) in [5, 5.41) is 4.59. The van der Waals surface area contributed by atoms with Crippen LogP contribution in [0.25, 0.3) is 22.4 Å². The zero-order chi connectivity index (χ0) is 21.8. The van der Waals surface area contributed by atoms with E-state index in [2.05, 4.69) is 25.0 Å². The first-order chi connectivity index (χ1) is 15.6. The maximum Gasteiger partial charge on any atom is 0.285 e. The summed E-state index contributed by atoms with van der Waals surface area (Å²) in [5.41, 5.74) is 0.679. The van der Waals surface area contributed by atoms with Crippen molar-refractivity contribution in [1.82, 2.24) is 34.1 Å². The van der Waals surface area contributed by atoms with Gasteiger partial charge in [0, 0.05) is 12.7 Å². The van der Waals surface area contributed by atoms with Gasteiger partial charge in [0.2, 0.25) is 0 Å². The minimum atomic E-state index is -0.683. The SMILES string of the molecule is O=c1c2c(F)ccn2nc(C2CCCN2c2ncnc3nc[nH]c23)n1-c1cccc(F)c1. The Morgan fingerprint density at radius 2 is 2.03 bits per heavy atom. The number of H-pyrrole nitrogens is 1. The molecule has 11 heteroatoms. The van der Waals surface area contributed by atoms with Crippen LogP contribution in [0.1, 0.15) is 24.7 Å². The maximum atomic E-state index is 14.4. The summed E-state index contributed by atoms with van der Waals surface area (Å²) in [7, 11) is 0. The molecule has 160 valence electrons. The highest BCUT2D eigenvalue weighted by atomic mass is 19.1. The van der Waals surface area contributed by atoms with Crippen LogP contribution in [0.2, 0.25) is 0 Å². The molecule has 1 atom stereocenters. The minimum Gasteiger partial charge on any atom is -0.344 e. The minimum absolute atomic E-state index is 0.194. The number of nitrogens with zero attached hydrogens (tertiary/aromatic N) is 7. The summed E-state index contributed by atoms with van der Waals surface area (Å²) in [6.07, 6.45) is 5.88. The van der Waals surface area contributed by atoms with Crippen molar-refractivity contribution in [3.8, 4) is 5.69 Å². The Labute approximate surface area is 179 Å². The van der Waals surface area contributed by atoms with Crippen molar-refractivity contribution in [3.05, 3.63) is 77.0 Å². The van der Waals surface area contributed by atoms with Crippen molar-refractivity contribution in [1.29, 1.82) is 0 Å². The Balaban J connectivity index is 1.61. The quantitative estimate of drug-likeness (QED) is 0.469. The molecule has 4 aromatic heterocycles. The summed E-state index contributed by atoms with van der Waals surface area (Å²) in [6, 6.07) is 6.46. The molecule has 0 bridgehead atoms. The Bertz CT molecular complexity index is 1540. The number of imidazole rings is 1. The van der Waals surface area contributed by atoms with E-state index in [0.717, 1.165) is 6.42 Å². The molecule has 9 nitrogen and oxygen atoms in total. The Morgan fingerprint density at radius 3 is 2.91 bits per heavy atom. The molecule has 6 rings (SSSR count). The van der Waals surface area contributed by atoms with Gasteiger partial charge in [-0.2, -0.15) is 5.10 Å². The molecule has 0 spiro atoms. The normalized spacial score (nSPS) is 16.4. The molecule has 0 amide bonds. The van der Waals surface area contributed by atoms with Crippen molar-refractivity contribution in [3.63, 3.8) is 0 Å².